The minimum atomic E-state index is 0.474. The highest BCUT2D eigenvalue weighted by Gasteiger charge is 2.23. The summed E-state index contributed by atoms with van der Waals surface area (Å²) in [6.45, 7) is 8.25. The Morgan fingerprint density at radius 3 is 1.68 bits per heavy atom. The van der Waals surface area contributed by atoms with Crippen molar-refractivity contribution in [3.8, 4) is 45.8 Å². The van der Waals surface area contributed by atoms with E-state index in [0.717, 1.165) is 71.6 Å². The number of hydrogen-bond donors (Lipinski definition) is 0. The van der Waals surface area contributed by atoms with Crippen molar-refractivity contribution in [2.24, 2.45) is 0 Å². The second kappa shape index (κ2) is 11.4. The molecule has 7 aromatic carbocycles. The number of rotatable bonds is 4. The van der Waals surface area contributed by atoms with Crippen LogP contribution in [0.1, 0.15) is 11.1 Å². The van der Waals surface area contributed by atoms with E-state index in [1.165, 1.54) is 0 Å². The summed E-state index contributed by atoms with van der Waals surface area (Å²) >= 11 is 0. The maximum Gasteiger partial charge on any atom is 0.211 e. The molecule has 9 rings (SSSR count). The Hall–Kier alpha value is -7.39. The molecule has 0 saturated carbocycles. The third-order valence-corrected chi connectivity index (χ3v) is 9.64. The van der Waals surface area contributed by atoms with Gasteiger partial charge >= 0.3 is 0 Å². The molecule has 2 heterocycles. The summed E-state index contributed by atoms with van der Waals surface area (Å²) in [4.78, 5) is 4.00. The average molecular weight is 636 g/mol. The van der Waals surface area contributed by atoms with Gasteiger partial charge in [0, 0.05) is 32.8 Å². The first-order valence-electron chi connectivity index (χ1n) is 16.3. The molecule has 5 nitrogen and oxygen atoms in total. The summed E-state index contributed by atoms with van der Waals surface area (Å²) in [5.74, 6) is 0. The Bertz CT molecular complexity index is 2900. The van der Waals surface area contributed by atoms with Crippen molar-refractivity contribution in [1.82, 2.24) is 9.13 Å². The fourth-order valence-electron chi connectivity index (χ4n) is 7.49. The first kappa shape index (κ1) is 28.8. The van der Waals surface area contributed by atoms with Crippen LogP contribution in [0.5, 0.6) is 0 Å². The smallest absolute Gasteiger partial charge is 0.211 e. The summed E-state index contributed by atoms with van der Waals surface area (Å²) in [6, 6.07) is 55.4. The van der Waals surface area contributed by atoms with Crippen molar-refractivity contribution >= 4 is 49.3 Å². The molecule has 0 amide bonds. The maximum atomic E-state index is 10.5. The van der Waals surface area contributed by atoms with Crippen LogP contribution in [0, 0.1) is 29.2 Å². The number of fused-ring (bicyclic) bond motifs is 6. The van der Waals surface area contributed by atoms with E-state index in [-0.39, 0.29) is 0 Å². The zero-order valence-corrected chi connectivity index (χ0v) is 26.7. The van der Waals surface area contributed by atoms with Crippen molar-refractivity contribution in [2.45, 2.75) is 0 Å². The van der Waals surface area contributed by atoms with Gasteiger partial charge in [-0.15, -0.1) is 0 Å². The lowest BCUT2D eigenvalue weighted by Crippen LogP contribution is -2.01. The molecule has 0 aliphatic carbocycles. The van der Waals surface area contributed by atoms with Crippen LogP contribution in [-0.4, -0.2) is 9.13 Å². The maximum absolute atomic E-state index is 10.5. The predicted molar refractivity (Wildman–Crippen MR) is 202 cm³/mol. The van der Waals surface area contributed by atoms with E-state index in [1.54, 1.807) is 12.1 Å². The molecule has 0 aliphatic heterocycles. The van der Waals surface area contributed by atoms with E-state index < -0.39 is 0 Å². The number of benzene rings is 7. The second-order valence-electron chi connectivity index (χ2n) is 12.2. The lowest BCUT2D eigenvalue weighted by molar-refractivity contribution is 1.18. The molecule has 0 aliphatic rings. The number of hydrogen-bond acceptors (Lipinski definition) is 2. The molecule has 9 aromatic rings. The van der Waals surface area contributed by atoms with Gasteiger partial charge in [-0.05, 0) is 65.2 Å². The third kappa shape index (κ3) is 4.24. The van der Waals surface area contributed by atoms with Gasteiger partial charge < -0.3 is 9.13 Å². The number of para-hydroxylation sites is 3. The van der Waals surface area contributed by atoms with Crippen LogP contribution in [-0.2, 0) is 0 Å². The zero-order valence-electron chi connectivity index (χ0n) is 26.7. The van der Waals surface area contributed by atoms with Gasteiger partial charge in [0.1, 0.15) is 0 Å². The van der Waals surface area contributed by atoms with Crippen molar-refractivity contribution in [3.05, 3.63) is 174 Å². The van der Waals surface area contributed by atoms with E-state index in [2.05, 4.69) is 92.8 Å². The Morgan fingerprint density at radius 1 is 0.500 bits per heavy atom. The molecule has 0 unspecified atom stereocenters. The molecular formula is C45H25N5. The largest absolute Gasteiger partial charge is 0.318 e. The van der Waals surface area contributed by atoms with Crippen LogP contribution < -0.4 is 0 Å². The lowest BCUT2D eigenvalue weighted by atomic mass is 9.90. The molecule has 230 valence electrons. The normalized spacial score (nSPS) is 11.1. The van der Waals surface area contributed by atoms with Gasteiger partial charge in [0.05, 0.1) is 57.6 Å². The summed E-state index contributed by atoms with van der Waals surface area (Å²) in [6.07, 6.45) is 0. The summed E-state index contributed by atoms with van der Waals surface area (Å²) < 4.78 is 4.38. The van der Waals surface area contributed by atoms with Crippen LogP contribution in [0.4, 0.5) is 5.69 Å². The van der Waals surface area contributed by atoms with Gasteiger partial charge in [-0.3, -0.25) is 0 Å². The highest BCUT2D eigenvalue weighted by Crippen LogP contribution is 2.45. The molecule has 0 bridgehead atoms. The summed E-state index contributed by atoms with van der Waals surface area (Å²) in [5.41, 5.74) is 10.9. The van der Waals surface area contributed by atoms with Crippen LogP contribution >= 0.6 is 0 Å². The third-order valence-electron chi connectivity index (χ3n) is 9.64. The van der Waals surface area contributed by atoms with Crippen molar-refractivity contribution < 1.29 is 0 Å². The number of nitrogens with zero attached hydrogens (tertiary/aromatic N) is 5. The van der Waals surface area contributed by atoms with E-state index in [9.17, 15) is 10.5 Å². The van der Waals surface area contributed by atoms with Gasteiger partial charge in [-0.2, -0.15) is 10.5 Å². The van der Waals surface area contributed by atoms with Crippen LogP contribution in [0.15, 0.2) is 152 Å². The second-order valence-corrected chi connectivity index (χ2v) is 12.2. The molecule has 0 atom stereocenters. The molecule has 0 saturated heterocycles. The Labute approximate surface area is 288 Å². The van der Waals surface area contributed by atoms with Gasteiger partial charge in [0.2, 0.25) is 5.69 Å². The fraction of sp³-hybridized carbons (Fsp3) is 0. The van der Waals surface area contributed by atoms with Crippen molar-refractivity contribution in [3.63, 3.8) is 0 Å². The number of aromatic nitrogens is 2. The molecule has 50 heavy (non-hydrogen) atoms. The summed E-state index contributed by atoms with van der Waals surface area (Å²) in [7, 11) is 0. The van der Waals surface area contributed by atoms with Gasteiger partial charge in [-0.1, -0.05) is 103 Å². The lowest BCUT2D eigenvalue weighted by Gasteiger charge is -2.20. The van der Waals surface area contributed by atoms with Crippen molar-refractivity contribution in [1.29, 1.82) is 10.5 Å². The highest BCUT2D eigenvalue weighted by atomic mass is 15.0. The van der Waals surface area contributed by atoms with E-state index in [0.29, 0.717) is 22.5 Å². The van der Waals surface area contributed by atoms with Gasteiger partial charge in [0.15, 0.2) is 0 Å². The van der Waals surface area contributed by atoms with E-state index >= 15 is 0 Å². The molecule has 5 heteroatoms. The molecule has 0 N–H and O–H groups in total. The van der Waals surface area contributed by atoms with Crippen LogP contribution in [0.3, 0.4) is 0 Å². The molecule has 0 fully saturated rings. The molecular weight excluding hydrogens is 611 g/mol. The minimum Gasteiger partial charge on any atom is -0.318 e. The minimum absolute atomic E-state index is 0.474. The zero-order chi connectivity index (χ0) is 33.8. The molecule has 0 radical (unpaired) electrons. The first-order valence-corrected chi connectivity index (χ1v) is 16.3. The van der Waals surface area contributed by atoms with Crippen LogP contribution in [0.25, 0.3) is 82.1 Å². The van der Waals surface area contributed by atoms with Crippen molar-refractivity contribution in [2.75, 3.05) is 0 Å². The Kier molecular flexibility index (Phi) is 6.56. The predicted octanol–water partition coefficient (Wildman–Crippen LogP) is 11.5. The SMILES string of the molecule is [C-]#[N+]c1ccc(C#N)c(-c2ccccc2-c2ccc(-n3c4ccccc4c4cc(C#N)ccc43)cc2)c1-n1c2ccccc2c2ccccc21. The van der Waals surface area contributed by atoms with Gasteiger partial charge in [0.25, 0.3) is 0 Å². The fourth-order valence-corrected chi connectivity index (χ4v) is 7.49. The standard InChI is InChI=1S/C45H25N5/c1-48-39-24-21-31(28-47)44(45(39)50-41-16-8-4-11-34(41)35-12-5-9-17-42(35)50)37-14-3-2-10-33(37)30-19-22-32(23-20-30)49-40-15-7-6-13-36(40)38-26-29(27-46)18-25-43(38)49/h2-26H. The van der Waals surface area contributed by atoms with Gasteiger partial charge in [-0.25, -0.2) is 4.85 Å². The average Bonchev–Trinajstić information content (AvgIpc) is 3.70. The highest BCUT2D eigenvalue weighted by molar-refractivity contribution is 6.11. The molecule has 2 aromatic heterocycles. The topological polar surface area (TPSA) is 61.8 Å². The Morgan fingerprint density at radius 2 is 1.06 bits per heavy atom. The monoisotopic (exact) mass is 635 g/mol. The molecule has 0 spiro atoms. The van der Waals surface area contributed by atoms with E-state index in [1.807, 2.05) is 72.8 Å². The summed E-state index contributed by atoms with van der Waals surface area (Å²) in [5, 5.41) is 24.4. The van der Waals surface area contributed by atoms with Crippen LogP contribution in [0.2, 0.25) is 0 Å². The number of nitriles is 2. The quantitative estimate of drug-likeness (QED) is 0.181. The first-order chi connectivity index (χ1) is 24.7. The Balaban J connectivity index is 1.27. The van der Waals surface area contributed by atoms with E-state index in [4.69, 9.17) is 6.57 Å².